The fourth-order valence-electron chi connectivity index (χ4n) is 0.827. The molecule has 1 unspecified atom stereocenters. The number of methoxy groups -OCH3 is 1. The lowest BCUT2D eigenvalue weighted by Crippen LogP contribution is -2.07. The number of ether oxygens (including phenoxy) is 1. The molecule has 2 N–H and O–H groups in total. The summed E-state index contributed by atoms with van der Waals surface area (Å²) >= 11 is 0. The lowest BCUT2D eigenvalue weighted by molar-refractivity contribution is 0.119. The van der Waals surface area contributed by atoms with Crippen molar-refractivity contribution in [3.63, 3.8) is 0 Å². The second kappa shape index (κ2) is 4.08. The first-order valence-electron chi connectivity index (χ1n) is 3.60. The maximum Gasteiger partial charge on any atom is 0.254 e. The van der Waals surface area contributed by atoms with Crippen molar-refractivity contribution in [1.29, 1.82) is 0 Å². The summed E-state index contributed by atoms with van der Waals surface area (Å²) in [4.78, 5) is 4.47. The van der Waals surface area contributed by atoms with Gasteiger partial charge in [-0.1, -0.05) is 6.92 Å². The van der Waals surface area contributed by atoms with Crippen LogP contribution in [0.5, 0.6) is 5.88 Å². The Morgan fingerprint density at radius 3 is 3.00 bits per heavy atom. The summed E-state index contributed by atoms with van der Waals surface area (Å²) in [7, 11) is 1.53. The van der Waals surface area contributed by atoms with Crippen molar-refractivity contribution in [3.05, 3.63) is 11.8 Å². The van der Waals surface area contributed by atoms with Crippen LogP contribution in [-0.2, 0) is 4.84 Å². The molecule has 0 aromatic carbocycles. The van der Waals surface area contributed by atoms with Crippen molar-refractivity contribution in [3.8, 4) is 5.88 Å². The second-order valence-electron chi connectivity index (χ2n) is 2.51. The largest absolute Gasteiger partial charge is 0.479 e. The average Bonchev–Trinajstić information content (AvgIpc) is 2.52. The van der Waals surface area contributed by atoms with E-state index >= 15 is 0 Å². The molecule has 0 amide bonds. The van der Waals surface area contributed by atoms with Crippen LogP contribution in [-0.4, -0.2) is 18.9 Å². The molecule has 1 heterocycles. The molecule has 68 valence electrons. The van der Waals surface area contributed by atoms with Gasteiger partial charge in [-0.25, -0.2) is 5.90 Å². The van der Waals surface area contributed by atoms with Crippen LogP contribution in [0.4, 0.5) is 0 Å². The highest BCUT2D eigenvalue weighted by Crippen LogP contribution is 2.19. The molecule has 1 rings (SSSR count). The van der Waals surface area contributed by atoms with Crippen molar-refractivity contribution in [2.45, 2.75) is 12.8 Å². The average molecular weight is 172 g/mol. The van der Waals surface area contributed by atoms with Crippen LogP contribution < -0.4 is 10.6 Å². The smallest absolute Gasteiger partial charge is 0.254 e. The van der Waals surface area contributed by atoms with Crippen LogP contribution in [0.2, 0.25) is 0 Å². The minimum Gasteiger partial charge on any atom is -0.479 e. The number of rotatable bonds is 4. The molecule has 0 aliphatic carbocycles. The van der Waals surface area contributed by atoms with Crippen LogP contribution in [0.15, 0.2) is 10.6 Å². The third-order valence-electron chi connectivity index (χ3n) is 1.55. The van der Waals surface area contributed by atoms with Crippen molar-refractivity contribution >= 4 is 0 Å². The van der Waals surface area contributed by atoms with E-state index in [0.717, 1.165) is 0 Å². The minimum atomic E-state index is 0.0893. The van der Waals surface area contributed by atoms with E-state index in [1.807, 2.05) is 6.92 Å². The maximum absolute atomic E-state index is 4.96. The lowest BCUT2D eigenvalue weighted by atomic mass is 10.1. The number of aromatic nitrogens is 1. The topological polar surface area (TPSA) is 70.5 Å². The first kappa shape index (κ1) is 9.02. The Morgan fingerprint density at radius 1 is 1.75 bits per heavy atom. The van der Waals surface area contributed by atoms with E-state index < -0.39 is 0 Å². The van der Waals surface area contributed by atoms with E-state index in [9.17, 15) is 0 Å². The second-order valence-corrected chi connectivity index (χ2v) is 2.51. The van der Waals surface area contributed by atoms with Crippen LogP contribution in [0.3, 0.4) is 0 Å². The normalized spacial score (nSPS) is 12.9. The van der Waals surface area contributed by atoms with E-state index in [4.69, 9.17) is 15.2 Å². The third-order valence-corrected chi connectivity index (χ3v) is 1.55. The van der Waals surface area contributed by atoms with Gasteiger partial charge in [-0.2, -0.15) is 0 Å². The molecular weight excluding hydrogens is 160 g/mol. The molecule has 0 saturated carbocycles. The van der Waals surface area contributed by atoms with E-state index in [1.165, 1.54) is 7.11 Å². The van der Waals surface area contributed by atoms with Gasteiger partial charge in [0.2, 0.25) is 0 Å². The van der Waals surface area contributed by atoms with Crippen molar-refractivity contribution in [2.24, 2.45) is 5.90 Å². The Hall–Kier alpha value is -1.07. The summed E-state index contributed by atoms with van der Waals surface area (Å²) in [5.41, 5.74) is 0. The Labute approximate surface area is 70.4 Å². The zero-order valence-corrected chi connectivity index (χ0v) is 7.11. The van der Waals surface area contributed by atoms with E-state index in [1.54, 1.807) is 6.07 Å². The first-order valence-corrected chi connectivity index (χ1v) is 3.60. The molecule has 0 fully saturated rings. The van der Waals surface area contributed by atoms with Crippen LogP contribution in [0, 0.1) is 0 Å². The third kappa shape index (κ3) is 1.96. The summed E-state index contributed by atoms with van der Waals surface area (Å²) in [5, 5.41) is 3.64. The van der Waals surface area contributed by atoms with Crippen molar-refractivity contribution in [2.75, 3.05) is 13.7 Å². The zero-order valence-electron chi connectivity index (χ0n) is 7.11. The van der Waals surface area contributed by atoms with Gasteiger partial charge in [-0.05, 0) is 5.16 Å². The fraction of sp³-hybridized carbons (Fsp3) is 0.571. The summed E-state index contributed by atoms with van der Waals surface area (Å²) in [6.45, 7) is 2.32. The Morgan fingerprint density at radius 2 is 2.50 bits per heavy atom. The molecule has 5 nitrogen and oxygen atoms in total. The van der Waals surface area contributed by atoms with Gasteiger partial charge in [0.1, 0.15) is 5.76 Å². The standard InChI is InChI=1S/C7H12N2O3/c1-5(4-11-8)6-3-7(10-2)9-12-6/h3,5H,4,8H2,1-2H3. The van der Waals surface area contributed by atoms with Crippen molar-refractivity contribution in [1.82, 2.24) is 5.16 Å². The highest BCUT2D eigenvalue weighted by Gasteiger charge is 2.12. The van der Waals surface area contributed by atoms with Gasteiger partial charge in [-0.3, -0.25) is 0 Å². The molecule has 0 radical (unpaired) electrons. The number of hydrogen-bond donors (Lipinski definition) is 1. The van der Waals surface area contributed by atoms with Gasteiger partial charge < -0.3 is 14.1 Å². The molecule has 0 aliphatic rings. The van der Waals surface area contributed by atoms with Crippen LogP contribution >= 0.6 is 0 Å². The SMILES string of the molecule is COc1cc(C(C)CON)on1. The number of nitrogens with zero attached hydrogens (tertiary/aromatic N) is 1. The Balaban J connectivity index is 2.61. The molecule has 0 saturated heterocycles. The molecule has 0 bridgehead atoms. The van der Waals surface area contributed by atoms with Gasteiger partial charge in [0, 0.05) is 12.0 Å². The quantitative estimate of drug-likeness (QED) is 0.676. The Kier molecular flexibility index (Phi) is 3.07. The highest BCUT2D eigenvalue weighted by molar-refractivity contribution is 5.13. The van der Waals surface area contributed by atoms with E-state index in [0.29, 0.717) is 18.2 Å². The fourth-order valence-corrected chi connectivity index (χ4v) is 0.827. The van der Waals surface area contributed by atoms with E-state index in [-0.39, 0.29) is 5.92 Å². The molecule has 0 spiro atoms. The molecular formula is C7H12N2O3. The molecule has 1 aromatic heterocycles. The monoisotopic (exact) mass is 172 g/mol. The van der Waals surface area contributed by atoms with Gasteiger partial charge in [-0.15, -0.1) is 0 Å². The first-order chi connectivity index (χ1) is 5.77. The van der Waals surface area contributed by atoms with Gasteiger partial charge in [0.15, 0.2) is 0 Å². The van der Waals surface area contributed by atoms with Gasteiger partial charge >= 0.3 is 0 Å². The minimum absolute atomic E-state index is 0.0893. The van der Waals surface area contributed by atoms with Crippen molar-refractivity contribution < 1.29 is 14.1 Å². The molecule has 1 atom stereocenters. The van der Waals surface area contributed by atoms with E-state index in [2.05, 4.69) is 9.99 Å². The zero-order chi connectivity index (χ0) is 8.97. The predicted molar refractivity (Wildman–Crippen MR) is 41.6 cm³/mol. The number of hydrogen-bond acceptors (Lipinski definition) is 5. The van der Waals surface area contributed by atoms with Crippen LogP contribution in [0.1, 0.15) is 18.6 Å². The molecule has 1 aromatic rings. The Bertz CT molecular complexity index is 236. The highest BCUT2D eigenvalue weighted by atomic mass is 16.6. The van der Waals surface area contributed by atoms with Crippen LogP contribution in [0.25, 0.3) is 0 Å². The summed E-state index contributed by atoms with van der Waals surface area (Å²) in [6.07, 6.45) is 0. The number of nitrogens with two attached hydrogens (primary N) is 1. The van der Waals surface area contributed by atoms with Gasteiger partial charge in [0.05, 0.1) is 13.7 Å². The predicted octanol–water partition coefficient (Wildman–Crippen LogP) is 0.677. The molecule has 12 heavy (non-hydrogen) atoms. The summed E-state index contributed by atoms with van der Waals surface area (Å²) in [6, 6.07) is 1.71. The van der Waals surface area contributed by atoms with Gasteiger partial charge in [0.25, 0.3) is 5.88 Å². The summed E-state index contributed by atoms with van der Waals surface area (Å²) < 4.78 is 9.81. The maximum atomic E-state index is 4.96. The molecule has 0 aliphatic heterocycles. The molecule has 5 heteroatoms. The lowest BCUT2D eigenvalue weighted by Gasteiger charge is -2.02. The summed E-state index contributed by atoms with van der Waals surface area (Å²) in [5.74, 6) is 6.17.